The molecule has 5 heteroatoms. The minimum Gasteiger partial charge on any atom is -0.339 e. The van der Waals surface area contributed by atoms with Gasteiger partial charge in [0.15, 0.2) is 0 Å². The van der Waals surface area contributed by atoms with E-state index in [1.807, 2.05) is 18.2 Å². The van der Waals surface area contributed by atoms with Crippen LogP contribution in [-0.2, 0) is 0 Å². The molecule has 4 aromatic rings. The van der Waals surface area contributed by atoms with Crippen LogP contribution in [0.25, 0.3) is 21.9 Å². The minimum atomic E-state index is 0.962. The van der Waals surface area contributed by atoms with Crippen molar-refractivity contribution in [2.75, 3.05) is 0 Å². The van der Waals surface area contributed by atoms with Crippen LogP contribution >= 0.6 is 0 Å². The van der Waals surface area contributed by atoms with Crippen LogP contribution in [0.1, 0.15) is 0 Å². The number of nitrogens with zero attached hydrogens (tertiary/aromatic N) is 3. The molecule has 0 saturated heterocycles. The number of aromatic amines is 2. The van der Waals surface area contributed by atoms with Gasteiger partial charge in [0.1, 0.15) is 5.65 Å². The van der Waals surface area contributed by atoms with E-state index in [2.05, 4.69) is 43.6 Å². The molecule has 4 rings (SSSR count). The fourth-order valence-corrected chi connectivity index (χ4v) is 1.84. The van der Waals surface area contributed by atoms with Crippen molar-refractivity contribution < 1.29 is 0 Å². The number of hydrogen-bond donors (Lipinski definition) is 2. The van der Waals surface area contributed by atoms with Crippen LogP contribution in [0.4, 0.5) is 0 Å². The summed E-state index contributed by atoms with van der Waals surface area (Å²) in [6.45, 7) is 0. The van der Waals surface area contributed by atoms with Gasteiger partial charge in [0, 0.05) is 22.5 Å². The highest BCUT2D eigenvalue weighted by molar-refractivity contribution is 6.05. The molecule has 0 atom stereocenters. The summed E-state index contributed by atoms with van der Waals surface area (Å²) in [5.41, 5.74) is 2.11. The Morgan fingerprint density at radius 2 is 1.56 bits per heavy atom. The standard InChI is InChI=1S/C11H8N2.C2H3N3/c1-2-6-10-8(4-1)9-5-3-7-12-11(9)13-10;1-2-4-5-3-1/h1-7H,(H,12,13);1-2H,(H,3,4,5). The van der Waals surface area contributed by atoms with E-state index in [1.165, 1.54) is 10.8 Å². The molecule has 0 radical (unpaired) electrons. The number of rotatable bonds is 0. The third-order valence-electron chi connectivity index (χ3n) is 2.61. The molecule has 0 amide bonds. The number of hydrogen-bond acceptors (Lipinski definition) is 3. The second-order valence-corrected chi connectivity index (χ2v) is 3.73. The molecule has 2 N–H and O–H groups in total. The number of fused-ring (bicyclic) bond motifs is 3. The highest BCUT2D eigenvalue weighted by atomic mass is 15.3. The van der Waals surface area contributed by atoms with Crippen molar-refractivity contribution in [2.24, 2.45) is 0 Å². The van der Waals surface area contributed by atoms with Crippen molar-refractivity contribution in [3.63, 3.8) is 0 Å². The molecule has 5 nitrogen and oxygen atoms in total. The summed E-state index contributed by atoms with van der Waals surface area (Å²) in [6, 6.07) is 12.3. The number of nitrogens with one attached hydrogen (secondary N) is 2. The first-order chi connectivity index (χ1) is 8.95. The van der Waals surface area contributed by atoms with E-state index in [-0.39, 0.29) is 0 Å². The average Bonchev–Trinajstić information content (AvgIpc) is 3.10. The molecular formula is C13H11N5. The van der Waals surface area contributed by atoms with Crippen LogP contribution in [-0.4, -0.2) is 25.4 Å². The van der Waals surface area contributed by atoms with Gasteiger partial charge in [0.2, 0.25) is 0 Å². The summed E-state index contributed by atoms with van der Waals surface area (Å²) in [5.74, 6) is 0. The van der Waals surface area contributed by atoms with E-state index in [9.17, 15) is 0 Å². The lowest BCUT2D eigenvalue weighted by molar-refractivity contribution is 0.940. The monoisotopic (exact) mass is 237 g/mol. The van der Waals surface area contributed by atoms with Gasteiger partial charge in [0.25, 0.3) is 0 Å². The average molecular weight is 237 g/mol. The second kappa shape index (κ2) is 4.67. The van der Waals surface area contributed by atoms with Gasteiger partial charge in [-0.3, -0.25) is 0 Å². The van der Waals surface area contributed by atoms with Crippen LogP contribution in [0, 0.1) is 0 Å². The summed E-state index contributed by atoms with van der Waals surface area (Å²) in [4.78, 5) is 7.53. The van der Waals surface area contributed by atoms with Crippen molar-refractivity contribution in [1.82, 2.24) is 25.4 Å². The van der Waals surface area contributed by atoms with Crippen molar-refractivity contribution in [3.05, 3.63) is 55.0 Å². The summed E-state index contributed by atoms with van der Waals surface area (Å²) < 4.78 is 0. The molecule has 0 saturated carbocycles. The quantitative estimate of drug-likeness (QED) is 0.493. The topological polar surface area (TPSA) is 70.2 Å². The lowest BCUT2D eigenvalue weighted by atomic mass is 10.2. The van der Waals surface area contributed by atoms with E-state index in [1.54, 1.807) is 18.6 Å². The first kappa shape index (κ1) is 10.5. The largest absolute Gasteiger partial charge is 0.339 e. The van der Waals surface area contributed by atoms with Gasteiger partial charge < -0.3 is 4.98 Å². The zero-order valence-corrected chi connectivity index (χ0v) is 9.54. The van der Waals surface area contributed by atoms with Gasteiger partial charge >= 0.3 is 0 Å². The number of pyridine rings is 1. The Bertz CT molecular complexity index is 675. The first-order valence-electron chi connectivity index (χ1n) is 5.56. The molecule has 0 aliphatic heterocycles. The second-order valence-electron chi connectivity index (χ2n) is 3.73. The van der Waals surface area contributed by atoms with E-state index < -0.39 is 0 Å². The Balaban J connectivity index is 0.000000169. The van der Waals surface area contributed by atoms with E-state index in [0.29, 0.717) is 0 Å². The lowest BCUT2D eigenvalue weighted by Crippen LogP contribution is -1.71. The SMILES string of the molecule is c1ccc2c(c1)[nH]c1ncccc12.c1cn[nH]n1. The molecule has 0 spiro atoms. The van der Waals surface area contributed by atoms with E-state index >= 15 is 0 Å². The summed E-state index contributed by atoms with van der Waals surface area (Å²) >= 11 is 0. The van der Waals surface area contributed by atoms with Crippen LogP contribution in [0.2, 0.25) is 0 Å². The predicted molar refractivity (Wildman–Crippen MR) is 70.0 cm³/mol. The number of aromatic nitrogens is 5. The van der Waals surface area contributed by atoms with Gasteiger partial charge in [-0.1, -0.05) is 18.2 Å². The first-order valence-corrected chi connectivity index (χ1v) is 5.56. The molecule has 1 aromatic carbocycles. The Labute approximate surface area is 103 Å². The molecule has 3 heterocycles. The molecule has 18 heavy (non-hydrogen) atoms. The van der Waals surface area contributed by atoms with Crippen molar-refractivity contribution in [2.45, 2.75) is 0 Å². The third-order valence-corrected chi connectivity index (χ3v) is 2.61. The van der Waals surface area contributed by atoms with Crippen LogP contribution < -0.4 is 0 Å². The number of para-hydroxylation sites is 1. The summed E-state index contributed by atoms with van der Waals surface area (Å²) in [5, 5.41) is 11.8. The number of H-pyrrole nitrogens is 2. The lowest BCUT2D eigenvalue weighted by Gasteiger charge is -1.87. The summed E-state index contributed by atoms with van der Waals surface area (Å²) in [6.07, 6.45) is 4.97. The van der Waals surface area contributed by atoms with Crippen molar-refractivity contribution in [3.8, 4) is 0 Å². The third kappa shape index (κ3) is 1.93. The zero-order valence-electron chi connectivity index (χ0n) is 9.54. The molecule has 0 aliphatic rings. The maximum atomic E-state index is 4.26. The molecule has 0 unspecified atom stereocenters. The van der Waals surface area contributed by atoms with Crippen LogP contribution in [0.5, 0.6) is 0 Å². The molecule has 0 aliphatic carbocycles. The van der Waals surface area contributed by atoms with Gasteiger partial charge in [-0.25, -0.2) is 4.98 Å². The Morgan fingerprint density at radius 1 is 0.778 bits per heavy atom. The van der Waals surface area contributed by atoms with Gasteiger partial charge in [-0.2, -0.15) is 15.4 Å². The van der Waals surface area contributed by atoms with Gasteiger partial charge in [-0.05, 0) is 18.2 Å². The van der Waals surface area contributed by atoms with Gasteiger partial charge in [-0.15, -0.1) is 0 Å². The van der Waals surface area contributed by atoms with Crippen molar-refractivity contribution >= 4 is 21.9 Å². The van der Waals surface area contributed by atoms with E-state index in [4.69, 9.17) is 0 Å². The minimum absolute atomic E-state index is 0.962. The Hall–Kier alpha value is -2.69. The molecule has 0 fully saturated rings. The van der Waals surface area contributed by atoms with E-state index in [0.717, 1.165) is 11.2 Å². The Kier molecular flexibility index (Phi) is 2.71. The molecule has 88 valence electrons. The maximum absolute atomic E-state index is 4.26. The van der Waals surface area contributed by atoms with Crippen molar-refractivity contribution in [1.29, 1.82) is 0 Å². The fourth-order valence-electron chi connectivity index (χ4n) is 1.84. The highest BCUT2D eigenvalue weighted by Gasteiger charge is 2.01. The van der Waals surface area contributed by atoms with Crippen LogP contribution in [0.3, 0.4) is 0 Å². The molecule has 0 bridgehead atoms. The smallest absolute Gasteiger partial charge is 0.138 e. The molecular weight excluding hydrogens is 226 g/mol. The highest BCUT2D eigenvalue weighted by Crippen LogP contribution is 2.22. The Morgan fingerprint density at radius 3 is 2.33 bits per heavy atom. The normalized spacial score (nSPS) is 10.2. The molecule has 3 aromatic heterocycles. The van der Waals surface area contributed by atoms with Crippen LogP contribution in [0.15, 0.2) is 55.0 Å². The maximum Gasteiger partial charge on any atom is 0.138 e. The number of benzene rings is 1. The summed E-state index contributed by atoms with van der Waals surface area (Å²) in [7, 11) is 0. The predicted octanol–water partition coefficient (Wildman–Crippen LogP) is 2.52. The fraction of sp³-hybridized carbons (Fsp3) is 0. The van der Waals surface area contributed by atoms with Gasteiger partial charge in [0.05, 0.1) is 12.4 Å². The zero-order chi connectivity index (χ0) is 12.2.